The number of carbonyl (C=O) groups is 1. The summed E-state index contributed by atoms with van der Waals surface area (Å²) in [5, 5.41) is 2.82. The zero-order chi connectivity index (χ0) is 14.7. The second-order valence-electron chi connectivity index (χ2n) is 5.94. The molecule has 3 nitrogen and oxygen atoms in total. The summed E-state index contributed by atoms with van der Waals surface area (Å²) < 4.78 is 13.4. The minimum atomic E-state index is -0.678. The highest BCUT2D eigenvalue weighted by Crippen LogP contribution is 2.28. The summed E-state index contributed by atoms with van der Waals surface area (Å²) in [6, 6.07) is 6.58. The fourth-order valence-electron chi connectivity index (χ4n) is 1.53. The van der Waals surface area contributed by atoms with Crippen LogP contribution >= 0.6 is 0 Å². The predicted octanol–water partition coefficient (Wildman–Crippen LogP) is 2.25. The number of amides is 1. The van der Waals surface area contributed by atoms with Gasteiger partial charge in [-0.2, -0.15) is 0 Å². The first-order chi connectivity index (χ1) is 8.66. The maximum Gasteiger partial charge on any atom is 0.227 e. The van der Waals surface area contributed by atoms with Crippen LogP contribution < -0.4 is 11.1 Å². The van der Waals surface area contributed by atoms with E-state index in [4.69, 9.17) is 5.73 Å². The van der Waals surface area contributed by atoms with Crippen LogP contribution in [-0.4, -0.2) is 18.0 Å². The molecule has 0 unspecified atom stereocenters. The Labute approximate surface area is 114 Å². The van der Waals surface area contributed by atoms with Crippen LogP contribution in [0.3, 0.4) is 0 Å². The lowest BCUT2D eigenvalue weighted by Gasteiger charge is -2.36. The quantitative estimate of drug-likeness (QED) is 0.859. The van der Waals surface area contributed by atoms with Crippen molar-refractivity contribution in [1.29, 1.82) is 0 Å². The fraction of sp³-hybridized carbons (Fsp3) is 0.533. The SMILES string of the molecule is CC(C)(N)C(C)(C)C(=O)NCCc1ccccc1F. The number of nitrogens with one attached hydrogen (secondary N) is 1. The lowest BCUT2D eigenvalue weighted by molar-refractivity contribution is -0.132. The number of hydrogen-bond acceptors (Lipinski definition) is 2. The van der Waals surface area contributed by atoms with E-state index < -0.39 is 11.0 Å². The van der Waals surface area contributed by atoms with Crippen LogP contribution in [0, 0.1) is 11.2 Å². The minimum absolute atomic E-state index is 0.115. The molecular weight excluding hydrogens is 243 g/mol. The minimum Gasteiger partial charge on any atom is -0.355 e. The van der Waals surface area contributed by atoms with Crippen LogP contribution in [0.1, 0.15) is 33.3 Å². The van der Waals surface area contributed by atoms with E-state index in [-0.39, 0.29) is 11.7 Å². The average Bonchev–Trinajstić information content (AvgIpc) is 2.30. The Bertz CT molecular complexity index is 450. The Hall–Kier alpha value is -1.42. The Morgan fingerprint density at radius 2 is 1.84 bits per heavy atom. The molecule has 1 amide bonds. The summed E-state index contributed by atoms with van der Waals surface area (Å²) in [6.45, 7) is 7.67. The molecule has 0 aromatic heterocycles. The van der Waals surface area contributed by atoms with Crippen molar-refractivity contribution < 1.29 is 9.18 Å². The molecule has 1 aromatic carbocycles. The van der Waals surface area contributed by atoms with Crippen LogP contribution in [0.15, 0.2) is 24.3 Å². The molecule has 0 fully saturated rings. The van der Waals surface area contributed by atoms with Gasteiger partial charge in [0.25, 0.3) is 0 Å². The van der Waals surface area contributed by atoms with Gasteiger partial charge in [-0.25, -0.2) is 4.39 Å². The fourth-order valence-corrected chi connectivity index (χ4v) is 1.53. The Kier molecular flexibility index (Phi) is 4.69. The van der Waals surface area contributed by atoms with Crippen molar-refractivity contribution in [2.24, 2.45) is 11.1 Å². The Balaban J connectivity index is 2.55. The van der Waals surface area contributed by atoms with E-state index >= 15 is 0 Å². The average molecular weight is 266 g/mol. The van der Waals surface area contributed by atoms with Gasteiger partial charge in [0, 0.05) is 12.1 Å². The number of hydrogen-bond donors (Lipinski definition) is 2. The molecule has 0 radical (unpaired) electrons. The van der Waals surface area contributed by atoms with Crippen molar-refractivity contribution in [2.75, 3.05) is 6.54 Å². The molecular formula is C15H23FN2O. The standard InChI is InChI=1S/C15H23FN2O/c1-14(2,15(3,4)17)13(19)18-10-9-11-7-5-6-8-12(11)16/h5-8H,9-10,17H2,1-4H3,(H,18,19). The highest BCUT2D eigenvalue weighted by atomic mass is 19.1. The molecule has 0 atom stereocenters. The number of halogens is 1. The number of carbonyl (C=O) groups excluding carboxylic acids is 1. The van der Waals surface area contributed by atoms with E-state index in [1.807, 2.05) is 27.7 Å². The van der Waals surface area contributed by atoms with Gasteiger partial charge in [0.1, 0.15) is 5.82 Å². The van der Waals surface area contributed by atoms with E-state index in [1.54, 1.807) is 18.2 Å². The third-order valence-corrected chi connectivity index (χ3v) is 3.82. The van der Waals surface area contributed by atoms with Gasteiger partial charge < -0.3 is 11.1 Å². The molecule has 0 saturated heterocycles. The molecule has 4 heteroatoms. The summed E-state index contributed by atoms with van der Waals surface area (Å²) >= 11 is 0. The molecule has 0 spiro atoms. The maximum absolute atomic E-state index is 13.4. The second-order valence-corrected chi connectivity index (χ2v) is 5.94. The van der Waals surface area contributed by atoms with Gasteiger partial charge in [0.05, 0.1) is 5.41 Å². The summed E-state index contributed by atoms with van der Waals surface area (Å²) in [7, 11) is 0. The van der Waals surface area contributed by atoms with Gasteiger partial charge in [0.15, 0.2) is 0 Å². The molecule has 0 aliphatic heterocycles. The Morgan fingerprint density at radius 3 is 2.37 bits per heavy atom. The largest absolute Gasteiger partial charge is 0.355 e. The van der Waals surface area contributed by atoms with E-state index in [9.17, 15) is 9.18 Å². The van der Waals surface area contributed by atoms with Crippen molar-refractivity contribution in [3.63, 3.8) is 0 Å². The molecule has 0 aliphatic rings. The van der Waals surface area contributed by atoms with Crippen LogP contribution in [0.4, 0.5) is 4.39 Å². The van der Waals surface area contributed by atoms with Crippen LogP contribution in [0.25, 0.3) is 0 Å². The normalized spacial score (nSPS) is 12.3. The lowest BCUT2D eigenvalue weighted by Crippen LogP contribution is -2.55. The van der Waals surface area contributed by atoms with Crippen molar-refractivity contribution in [2.45, 2.75) is 39.7 Å². The van der Waals surface area contributed by atoms with Gasteiger partial charge in [-0.1, -0.05) is 18.2 Å². The molecule has 0 saturated carbocycles. The van der Waals surface area contributed by atoms with Gasteiger partial charge in [0.2, 0.25) is 5.91 Å². The maximum atomic E-state index is 13.4. The molecule has 19 heavy (non-hydrogen) atoms. The third kappa shape index (κ3) is 3.77. The molecule has 0 heterocycles. The predicted molar refractivity (Wildman–Crippen MR) is 75.2 cm³/mol. The van der Waals surface area contributed by atoms with E-state index in [2.05, 4.69) is 5.32 Å². The summed E-state index contributed by atoms with van der Waals surface area (Å²) in [5.74, 6) is -0.355. The first-order valence-corrected chi connectivity index (χ1v) is 6.47. The summed E-state index contributed by atoms with van der Waals surface area (Å²) in [6.07, 6.45) is 0.472. The number of rotatable bonds is 5. The zero-order valence-corrected chi connectivity index (χ0v) is 12.1. The molecule has 3 N–H and O–H groups in total. The van der Waals surface area contributed by atoms with Gasteiger partial charge >= 0.3 is 0 Å². The van der Waals surface area contributed by atoms with E-state index in [1.165, 1.54) is 6.07 Å². The summed E-state index contributed by atoms with van der Waals surface area (Å²) in [4.78, 5) is 12.1. The molecule has 106 valence electrons. The first kappa shape index (κ1) is 15.6. The molecule has 1 rings (SSSR count). The molecule has 1 aromatic rings. The van der Waals surface area contributed by atoms with E-state index in [0.717, 1.165) is 0 Å². The van der Waals surface area contributed by atoms with Gasteiger partial charge in [-0.15, -0.1) is 0 Å². The van der Waals surface area contributed by atoms with Gasteiger partial charge in [-0.05, 0) is 45.7 Å². The molecule has 0 aliphatic carbocycles. The third-order valence-electron chi connectivity index (χ3n) is 3.82. The zero-order valence-electron chi connectivity index (χ0n) is 12.1. The first-order valence-electron chi connectivity index (χ1n) is 6.47. The second kappa shape index (κ2) is 5.70. The van der Waals surface area contributed by atoms with Gasteiger partial charge in [-0.3, -0.25) is 4.79 Å². The van der Waals surface area contributed by atoms with Crippen molar-refractivity contribution in [3.05, 3.63) is 35.6 Å². The topological polar surface area (TPSA) is 55.1 Å². The lowest BCUT2D eigenvalue weighted by atomic mass is 9.74. The smallest absolute Gasteiger partial charge is 0.227 e. The molecule has 0 bridgehead atoms. The monoisotopic (exact) mass is 266 g/mol. The van der Waals surface area contributed by atoms with Crippen molar-refractivity contribution in [3.8, 4) is 0 Å². The van der Waals surface area contributed by atoms with Crippen LogP contribution in [-0.2, 0) is 11.2 Å². The highest BCUT2D eigenvalue weighted by Gasteiger charge is 2.40. The van der Waals surface area contributed by atoms with Crippen LogP contribution in [0.2, 0.25) is 0 Å². The number of benzene rings is 1. The van der Waals surface area contributed by atoms with Crippen molar-refractivity contribution >= 4 is 5.91 Å². The van der Waals surface area contributed by atoms with E-state index in [0.29, 0.717) is 18.5 Å². The van der Waals surface area contributed by atoms with Crippen LogP contribution in [0.5, 0.6) is 0 Å². The Morgan fingerprint density at radius 1 is 1.26 bits per heavy atom. The number of nitrogens with two attached hydrogens (primary N) is 1. The summed E-state index contributed by atoms with van der Waals surface area (Å²) in [5.41, 5.74) is 5.31. The van der Waals surface area contributed by atoms with Crippen molar-refractivity contribution in [1.82, 2.24) is 5.32 Å². The highest BCUT2D eigenvalue weighted by molar-refractivity contribution is 5.83.